The molecule has 0 aromatic carbocycles. The number of aryl methyl sites for hydroxylation is 1. The minimum atomic E-state index is -0.987. The highest BCUT2D eigenvalue weighted by atomic mass is 16.5. The second-order valence-corrected chi connectivity index (χ2v) is 4.95. The van der Waals surface area contributed by atoms with Crippen LogP contribution in [0.5, 0.6) is 0 Å². The van der Waals surface area contributed by atoms with E-state index >= 15 is 0 Å². The molecule has 0 aliphatic carbocycles. The SMILES string of the molecule is CCCC(C)(NC(=O)c1ccc(C)n1C)C(=O)OC. The van der Waals surface area contributed by atoms with Gasteiger partial charge in [0.25, 0.3) is 5.91 Å². The third-order valence-corrected chi connectivity index (χ3v) is 3.38. The summed E-state index contributed by atoms with van der Waals surface area (Å²) in [5.74, 6) is -0.689. The van der Waals surface area contributed by atoms with Crippen LogP contribution in [0.1, 0.15) is 42.9 Å². The smallest absolute Gasteiger partial charge is 0.331 e. The zero-order chi connectivity index (χ0) is 14.6. The van der Waals surface area contributed by atoms with Crippen LogP contribution < -0.4 is 5.32 Å². The number of nitrogens with one attached hydrogen (secondary N) is 1. The molecule has 1 unspecified atom stereocenters. The van der Waals surface area contributed by atoms with Crippen molar-refractivity contribution < 1.29 is 14.3 Å². The van der Waals surface area contributed by atoms with Gasteiger partial charge in [-0.3, -0.25) is 4.79 Å². The van der Waals surface area contributed by atoms with Gasteiger partial charge in [0.15, 0.2) is 0 Å². The number of rotatable bonds is 5. The Kier molecular flexibility index (Phi) is 4.75. The second kappa shape index (κ2) is 5.91. The Morgan fingerprint density at radius 3 is 2.47 bits per heavy atom. The third kappa shape index (κ3) is 3.16. The predicted octanol–water partition coefficient (Wildman–Crippen LogP) is 1.80. The minimum absolute atomic E-state index is 0.267. The molecule has 1 atom stereocenters. The predicted molar refractivity (Wildman–Crippen MR) is 72.9 cm³/mol. The van der Waals surface area contributed by atoms with E-state index in [1.54, 1.807) is 17.6 Å². The highest BCUT2D eigenvalue weighted by Gasteiger charge is 2.35. The Balaban J connectivity index is 2.94. The van der Waals surface area contributed by atoms with Crippen LogP contribution in [0.25, 0.3) is 0 Å². The van der Waals surface area contributed by atoms with Crippen molar-refractivity contribution in [2.24, 2.45) is 7.05 Å². The van der Waals surface area contributed by atoms with Gasteiger partial charge in [0.05, 0.1) is 7.11 Å². The molecule has 0 saturated carbocycles. The largest absolute Gasteiger partial charge is 0.467 e. The number of carbonyl (C=O) groups excluding carboxylic acids is 2. The number of hydrogen-bond donors (Lipinski definition) is 1. The number of methoxy groups -OCH3 is 1. The van der Waals surface area contributed by atoms with Crippen LogP contribution in [0, 0.1) is 6.92 Å². The molecule has 0 saturated heterocycles. The van der Waals surface area contributed by atoms with Crippen molar-refractivity contribution in [2.45, 2.75) is 39.2 Å². The summed E-state index contributed by atoms with van der Waals surface area (Å²) < 4.78 is 6.57. The summed E-state index contributed by atoms with van der Waals surface area (Å²) in [6.07, 6.45) is 1.31. The van der Waals surface area contributed by atoms with Crippen molar-refractivity contribution in [1.29, 1.82) is 0 Å². The molecule has 1 heterocycles. The Morgan fingerprint density at radius 2 is 2.05 bits per heavy atom. The fourth-order valence-corrected chi connectivity index (χ4v) is 2.10. The lowest BCUT2D eigenvalue weighted by molar-refractivity contribution is -0.147. The Bertz CT molecular complexity index is 479. The molecular weight excluding hydrogens is 244 g/mol. The highest BCUT2D eigenvalue weighted by molar-refractivity contribution is 5.97. The topological polar surface area (TPSA) is 60.3 Å². The van der Waals surface area contributed by atoms with Crippen LogP contribution in [0.15, 0.2) is 12.1 Å². The summed E-state index contributed by atoms with van der Waals surface area (Å²) in [4.78, 5) is 24.1. The molecule has 0 aliphatic rings. The number of amides is 1. The van der Waals surface area contributed by atoms with Crippen molar-refractivity contribution in [3.63, 3.8) is 0 Å². The highest BCUT2D eigenvalue weighted by Crippen LogP contribution is 2.16. The van der Waals surface area contributed by atoms with Crippen LogP contribution in [0.3, 0.4) is 0 Å². The Labute approximate surface area is 113 Å². The fourth-order valence-electron chi connectivity index (χ4n) is 2.10. The van der Waals surface area contributed by atoms with E-state index in [0.29, 0.717) is 12.1 Å². The molecule has 5 heteroatoms. The maximum atomic E-state index is 12.2. The summed E-state index contributed by atoms with van der Waals surface area (Å²) in [7, 11) is 3.15. The molecule has 1 aromatic heterocycles. The summed E-state index contributed by atoms with van der Waals surface area (Å²) in [6, 6.07) is 3.61. The maximum Gasteiger partial charge on any atom is 0.331 e. The van der Waals surface area contributed by atoms with Gasteiger partial charge in [-0.05, 0) is 32.4 Å². The van der Waals surface area contributed by atoms with E-state index in [4.69, 9.17) is 4.74 Å². The normalized spacial score (nSPS) is 13.7. The second-order valence-electron chi connectivity index (χ2n) is 4.95. The molecule has 0 bridgehead atoms. The lowest BCUT2D eigenvalue weighted by Gasteiger charge is -2.27. The van der Waals surface area contributed by atoms with E-state index in [9.17, 15) is 9.59 Å². The standard InChI is InChI=1S/C14H22N2O3/c1-6-9-14(3,13(18)19-5)15-12(17)11-8-7-10(2)16(11)4/h7-8H,6,9H2,1-5H3,(H,15,17). The molecule has 19 heavy (non-hydrogen) atoms. The van der Waals surface area contributed by atoms with Gasteiger partial charge in [-0.2, -0.15) is 0 Å². The molecule has 1 rings (SSSR count). The van der Waals surface area contributed by atoms with Gasteiger partial charge in [-0.15, -0.1) is 0 Å². The Hall–Kier alpha value is -1.78. The maximum absolute atomic E-state index is 12.2. The number of aromatic nitrogens is 1. The van der Waals surface area contributed by atoms with Crippen molar-refractivity contribution in [3.05, 3.63) is 23.5 Å². The molecule has 0 aliphatic heterocycles. The lowest BCUT2D eigenvalue weighted by Crippen LogP contribution is -2.53. The van der Waals surface area contributed by atoms with Gasteiger partial charge in [-0.25, -0.2) is 4.79 Å². The minimum Gasteiger partial charge on any atom is -0.467 e. The molecule has 0 spiro atoms. The number of ether oxygens (including phenoxy) is 1. The first kappa shape index (κ1) is 15.3. The monoisotopic (exact) mass is 266 g/mol. The van der Waals surface area contributed by atoms with Crippen LogP contribution >= 0.6 is 0 Å². The first-order valence-electron chi connectivity index (χ1n) is 6.39. The average molecular weight is 266 g/mol. The number of esters is 1. The van der Waals surface area contributed by atoms with E-state index < -0.39 is 11.5 Å². The van der Waals surface area contributed by atoms with E-state index in [1.165, 1.54) is 7.11 Å². The molecule has 1 amide bonds. The van der Waals surface area contributed by atoms with Crippen LogP contribution in [0.2, 0.25) is 0 Å². The van der Waals surface area contributed by atoms with Gasteiger partial charge in [0.2, 0.25) is 0 Å². The van der Waals surface area contributed by atoms with Gasteiger partial charge in [0, 0.05) is 12.7 Å². The zero-order valence-electron chi connectivity index (χ0n) is 12.2. The lowest BCUT2D eigenvalue weighted by atomic mass is 9.96. The van der Waals surface area contributed by atoms with Crippen LogP contribution in [0.4, 0.5) is 0 Å². The fraction of sp³-hybridized carbons (Fsp3) is 0.571. The number of nitrogens with zero attached hydrogens (tertiary/aromatic N) is 1. The average Bonchev–Trinajstić information content (AvgIpc) is 2.69. The van der Waals surface area contributed by atoms with Gasteiger partial charge < -0.3 is 14.6 Å². The van der Waals surface area contributed by atoms with E-state index in [1.807, 2.05) is 27.0 Å². The molecular formula is C14H22N2O3. The number of hydrogen-bond acceptors (Lipinski definition) is 3. The van der Waals surface area contributed by atoms with Crippen LogP contribution in [-0.2, 0) is 16.6 Å². The van der Waals surface area contributed by atoms with Crippen LogP contribution in [-0.4, -0.2) is 29.1 Å². The Morgan fingerprint density at radius 1 is 1.42 bits per heavy atom. The van der Waals surface area contributed by atoms with E-state index in [2.05, 4.69) is 5.32 Å². The van der Waals surface area contributed by atoms with E-state index in [-0.39, 0.29) is 5.91 Å². The van der Waals surface area contributed by atoms with E-state index in [0.717, 1.165) is 12.1 Å². The number of carbonyl (C=O) groups is 2. The summed E-state index contributed by atoms with van der Waals surface area (Å²) in [5, 5.41) is 2.78. The molecule has 0 fully saturated rings. The zero-order valence-corrected chi connectivity index (χ0v) is 12.2. The molecule has 106 valence electrons. The first-order chi connectivity index (χ1) is 8.85. The third-order valence-electron chi connectivity index (χ3n) is 3.38. The molecule has 1 N–H and O–H groups in total. The van der Waals surface area contributed by atoms with Crippen molar-refractivity contribution in [2.75, 3.05) is 7.11 Å². The molecule has 5 nitrogen and oxygen atoms in total. The molecule has 0 radical (unpaired) electrons. The van der Waals surface area contributed by atoms with Gasteiger partial charge in [0.1, 0.15) is 11.2 Å². The quantitative estimate of drug-likeness (QED) is 0.827. The first-order valence-corrected chi connectivity index (χ1v) is 6.39. The van der Waals surface area contributed by atoms with Crippen molar-refractivity contribution in [1.82, 2.24) is 9.88 Å². The van der Waals surface area contributed by atoms with Crippen molar-refractivity contribution in [3.8, 4) is 0 Å². The molecule has 1 aromatic rings. The van der Waals surface area contributed by atoms with Gasteiger partial charge >= 0.3 is 5.97 Å². The summed E-state index contributed by atoms with van der Waals surface area (Å²) in [6.45, 7) is 5.57. The summed E-state index contributed by atoms with van der Waals surface area (Å²) in [5.41, 5.74) is 0.530. The summed E-state index contributed by atoms with van der Waals surface area (Å²) >= 11 is 0. The van der Waals surface area contributed by atoms with Crippen molar-refractivity contribution >= 4 is 11.9 Å². The van der Waals surface area contributed by atoms with Gasteiger partial charge in [-0.1, -0.05) is 13.3 Å².